The minimum absolute atomic E-state index is 0.0397. The molecule has 4 heterocycles. The van der Waals surface area contributed by atoms with Gasteiger partial charge in [-0.25, -0.2) is 0 Å². The molecule has 0 spiro atoms. The third-order valence-corrected chi connectivity index (χ3v) is 11.8. The number of fused-ring (bicyclic) bond motifs is 3. The minimum atomic E-state index is -0.543. The molecule has 4 aromatic carbocycles. The molecule has 1 aliphatic carbocycles. The van der Waals surface area contributed by atoms with Gasteiger partial charge in [-0.2, -0.15) is 0 Å². The fourth-order valence-corrected chi connectivity index (χ4v) is 9.11. The first-order chi connectivity index (χ1) is 27.5. The summed E-state index contributed by atoms with van der Waals surface area (Å²) in [5.74, 6) is 3.13. The fourth-order valence-electron chi connectivity index (χ4n) is 9.11. The second-order valence-corrected chi connectivity index (χ2v) is 14.7. The van der Waals surface area contributed by atoms with Gasteiger partial charge in [0.1, 0.15) is 11.5 Å². The second kappa shape index (κ2) is 15.4. The van der Waals surface area contributed by atoms with Crippen LogP contribution in [0.5, 0.6) is 34.5 Å². The molecule has 3 unspecified atom stereocenters. The number of rotatable bonds is 10. The van der Waals surface area contributed by atoms with Crippen molar-refractivity contribution in [3.05, 3.63) is 95.6 Å². The molecule has 12 heteroatoms. The monoisotopic (exact) mass is 760 g/mol. The molecule has 9 rings (SSSR count). The van der Waals surface area contributed by atoms with Crippen LogP contribution in [0.25, 0.3) is 0 Å². The Bertz CT molecular complexity index is 2090. The van der Waals surface area contributed by atoms with Crippen LogP contribution in [0.2, 0.25) is 0 Å². The van der Waals surface area contributed by atoms with E-state index in [-0.39, 0.29) is 43.7 Å². The Hall–Kier alpha value is -5.78. The van der Waals surface area contributed by atoms with E-state index in [0.29, 0.717) is 88.6 Å². The van der Waals surface area contributed by atoms with Crippen LogP contribution in [-0.2, 0) is 9.59 Å². The van der Waals surface area contributed by atoms with Gasteiger partial charge in [-0.15, -0.1) is 0 Å². The molecular formula is C44H48N4O8. The number of piperazine rings is 2. The van der Waals surface area contributed by atoms with Crippen LogP contribution in [0, 0.1) is 5.92 Å². The summed E-state index contributed by atoms with van der Waals surface area (Å²) in [6, 6.07) is 26.1. The lowest BCUT2D eigenvalue weighted by molar-refractivity contribution is -0.138. The largest absolute Gasteiger partial charge is 0.492 e. The summed E-state index contributed by atoms with van der Waals surface area (Å²) in [5, 5.41) is 0. The number of para-hydroxylation sites is 4. The molecule has 0 saturated carbocycles. The molecule has 12 nitrogen and oxygen atoms in total. The lowest BCUT2D eigenvalue weighted by Gasteiger charge is -2.40. The molecule has 56 heavy (non-hydrogen) atoms. The van der Waals surface area contributed by atoms with Gasteiger partial charge in [0.15, 0.2) is 23.0 Å². The lowest BCUT2D eigenvalue weighted by atomic mass is 9.79. The quantitative estimate of drug-likeness (QED) is 0.195. The number of ether oxygens (including phenoxy) is 6. The van der Waals surface area contributed by atoms with Crippen molar-refractivity contribution in [3.8, 4) is 34.5 Å². The van der Waals surface area contributed by atoms with Gasteiger partial charge in [0, 0.05) is 70.6 Å². The third kappa shape index (κ3) is 6.64. The zero-order valence-corrected chi connectivity index (χ0v) is 32.0. The Morgan fingerprint density at radius 1 is 0.607 bits per heavy atom. The van der Waals surface area contributed by atoms with Gasteiger partial charge in [0.05, 0.1) is 30.5 Å². The predicted molar refractivity (Wildman–Crippen MR) is 211 cm³/mol. The Kier molecular flexibility index (Phi) is 9.87. The maximum atomic E-state index is 15.2. The summed E-state index contributed by atoms with van der Waals surface area (Å²) in [6.07, 6.45) is 0.196. The van der Waals surface area contributed by atoms with Crippen molar-refractivity contribution in [1.29, 1.82) is 0 Å². The predicted octanol–water partition coefficient (Wildman–Crippen LogP) is 5.87. The molecule has 3 atom stereocenters. The molecule has 2 saturated heterocycles. The van der Waals surface area contributed by atoms with E-state index in [1.807, 2.05) is 90.4 Å². The smallest absolute Gasteiger partial charge is 0.231 e. The Labute approximate surface area is 327 Å². The Balaban J connectivity index is 1.01. The van der Waals surface area contributed by atoms with Crippen LogP contribution in [0.1, 0.15) is 48.8 Å². The van der Waals surface area contributed by atoms with Gasteiger partial charge in [0.25, 0.3) is 0 Å². The molecule has 0 N–H and O–H groups in total. The lowest BCUT2D eigenvalue weighted by Crippen LogP contribution is -2.52. The van der Waals surface area contributed by atoms with Crippen molar-refractivity contribution in [2.45, 2.75) is 32.1 Å². The van der Waals surface area contributed by atoms with Gasteiger partial charge in [0.2, 0.25) is 25.4 Å². The van der Waals surface area contributed by atoms with Crippen molar-refractivity contribution in [2.24, 2.45) is 5.92 Å². The molecule has 4 aromatic rings. The summed E-state index contributed by atoms with van der Waals surface area (Å²) < 4.78 is 35.1. The second-order valence-electron chi connectivity index (χ2n) is 14.7. The first-order valence-electron chi connectivity index (χ1n) is 19.8. The minimum Gasteiger partial charge on any atom is -0.492 e. The molecule has 5 aliphatic rings. The third-order valence-electron chi connectivity index (χ3n) is 11.8. The van der Waals surface area contributed by atoms with E-state index < -0.39 is 5.92 Å². The van der Waals surface area contributed by atoms with Crippen LogP contribution in [0.3, 0.4) is 0 Å². The van der Waals surface area contributed by atoms with Crippen LogP contribution in [0.4, 0.5) is 11.4 Å². The molecule has 2 amide bonds. The number of nitrogens with zero attached hydrogens (tertiary/aromatic N) is 4. The highest BCUT2D eigenvalue weighted by Crippen LogP contribution is 2.56. The average molecular weight is 761 g/mol. The molecule has 0 radical (unpaired) electrons. The molecule has 2 fully saturated rings. The zero-order chi connectivity index (χ0) is 38.2. The van der Waals surface area contributed by atoms with E-state index in [1.165, 1.54) is 0 Å². The maximum Gasteiger partial charge on any atom is 0.231 e. The molecule has 0 aromatic heterocycles. The van der Waals surface area contributed by atoms with Gasteiger partial charge in [-0.1, -0.05) is 30.3 Å². The van der Waals surface area contributed by atoms with Gasteiger partial charge in [-0.3, -0.25) is 9.59 Å². The van der Waals surface area contributed by atoms with Crippen molar-refractivity contribution < 1.29 is 38.0 Å². The summed E-state index contributed by atoms with van der Waals surface area (Å²) in [5.41, 5.74) is 4.95. The number of benzene rings is 4. The van der Waals surface area contributed by atoms with Crippen LogP contribution in [-0.4, -0.2) is 101 Å². The van der Waals surface area contributed by atoms with Crippen LogP contribution < -0.4 is 38.2 Å². The molecule has 292 valence electrons. The number of carbonyl (C=O) groups excluding carboxylic acids is 2. The van der Waals surface area contributed by atoms with E-state index in [0.717, 1.165) is 39.6 Å². The van der Waals surface area contributed by atoms with E-state index >= 15 is 4.79 Å². The SMILES string of the molecule is CCOc1ccccc1N1CCN(C(=O)CC2c3cc4c(cc3C(c3ccc5c(c3)OCO5)C2C(=O)N2CCN(c3ccccc3OCC)CC2)OCO4)CC1. The van der Waals surface area contributed by atoms with E-state index in [4.69, 9.17) is 28.4 Å². The van der Waals surface area contributed by atoms with E-state index in [2.05, 4.69) is 21.9 Å². The fraction of sp³-hybridized carbons (Fsp3) is 0.409. The van der Waals surface area contributed by atoms with Crippen molar-refractivity contribution in [1.82, 2.24) is 9.80 Å². The summed E-state index contributed by atoms with van der Waals surface area (Å²) in [6.45, 7) is 10.4. The van der Waals surface area contributed by atoms with Crippen molar-refractivity contribution in [3.63, 3.8) is 0 Å². The van der Waals surface area contributed by atoms with Crippen molar-refractivity contribution >= 4 is 23.2 Å². The Morgan fingerprint density at radius 2 is 1.12 bits per heavy atom. The molecular weight excluding hydrogens is 713 g/mol. The topological polar surface area (TPSA) is 102 Å². The van der Waals surface area contributed by atoms with Crippen molar-refractivity contribution in [2.75, 3.05) is 89.0 Å². The number of amides is 2. The first kappa shape index (κ1) is 35.9. The molecule has 0 bridgehead atoms. The number of hydrogen-bond donors (Lipinski definition) is 0. The maximum absolute atomic E-state index is 15.2. The number of carbonyl (C=O) groups is 2. The van der Waals surface area contributed by atoms with E-state index in [9.17, 15) is 4.79 Å². The number of hydrogen-bond acceptors (Lipinski definition) is 10. The highest BCUT2D eigenvalue weighted by atomic mass is 16.7. The van der Waals surface area contributed by atoms with Gasteiger partial charge < -0.3 is 48.0 Å². The molecule has 4 aliphatic heterocycles. The van der Waals surface area contributed by atoms with Gasteiger partial charge >= 0.3 is 0 Å². The Morgan fingerprint density at radius 3 is 1.71 bits per heavy atom. The zero-order valence-electron chi connectivity index (χ0n) is 32.0. The summed E-state index contributed by atoms with van der Waals surface area (Å²) in [7, 11) is 0. The van der Waals surface area contributed by atoms with Crippen LogP contribution in [0.15, 0.2) is 78.9 Å². The van der Waals surface area contributed by atoms with E-state index in [1.54, 1.807) is 0 Å². The number of anilines is 2. The summed E-state index contributed by atoms with van der Waals surface area (Å²) in [4.78, 5) is 38.2. The normalized spacial score (nSPS) is 20.9. The highest BCUT2D eigenvalue weighted by Gasteiger charge is 2.49. The van der Waals surface area contributed by atoms with Crippen LogP contribution >= 0.6 is 0 Å². The standard InChI is InChI=1S/C44H48N4O8/c1-3-51-35-11-7-5-9-33(35)45-15-19-47(20-16-45)41(49)26-32-30-24-39-40(56-28-55-39)25-31(30)42(29-13-14-37-38(23-29)54-27-53-37)43(32)44(50)48-21-17-46(18-22-48)34-10-6-8-12-36(34)52-4-2/h5-14,23-25,32,42-43H,3-4,15-22,26-28H2,1-2H3. The van der Waals surface area contributed by atoms with Gasteiger partial charge in [-0.05, 0) is 79.1 Å². The average Bonchev–Trinajstić information content (AvgIpc) is 3.98. The summed E-state index contributed by atoms with van der Waals surface area (Å²) >= 11 is 0. The first-order valence-corrected chi connectivity index (χ1v) is 19.8. The highest BCUT2D eigenvalue weighted by molar-refractivity contribution is 5.87.